The lowest BCUT2D eigenvalue weighted by Crippen LogP contribution is -2.28. The van der Waals surface area contributed by atoms with E-state index in [1.165, 1.54) is 11.8 Å². The minimum absolute atomic E-state index is 0.0969. The van der Waals surface area contributed by atoms with Crippen LogP contribution in [0.3, 0.4) is 0 Å². The lowest BCUT2D eigenvalue weighted by atomic mass is 9.91. The Hall–Kier alpha value is -0.740. The molecule has 1 aromatic carbocycles. The topological polar surface area (TPSA) is 21.3 Å². The van der Waals surface area contributed by atoms with Crippen LogP contribution < -0.4 is 10.1 Å². The van der Waals surface area contributed by atoms with Gasteiger partial charge in [-0.05, 0) is 56.2 Å². The molecule has 1 N–H and O–H groups in total. The van der Waals surface area contributed by atoms with Crippen LogP contribution in [0.15, 0.2) is 17.0 Å². The van der Waals surface area contributed by atoms with Gasteiger partial charge in [-0.25, -0.2) is 4.39 Å². The molecule has 0 amide bonds. The molecule has 1 aliphatic heterocycles. The van der Waals surface area contributed by atoms with Gasteiger partial charge in [0.15, 0.2) is 0 Å². The smallest absolute Gasteiger partial charge is 0.143 e. The maximum Gasteiger partial charge on any atom is 0.143 e. The molecule has 18 heavy (non-hydrogen) atoms. The Morgan fingerprint density at radius 2 is 2.11 bits per heavy atom. The van der Waals surface area contributed by atoms with Crippen molar-refractivity contribution in [3.63, 3.8) is 0 Å². The van der Waals surface area contributed by atoms with Crippen molar-refractivity contribution in [2.75, 3.05) is 26.5 Å². The summed E-state index contributed by atoms with van der Waals surface area (Å²) in [4.78, 5) is 0.629. The minimum Gasteiger partial charge on any atom is -0.495 e. The standard InChI is InChI=1S/C14H20FNOS/c1-17-12-4-3-11(13(15)14(12)18-2)9-10-5-7-16-8-6-10/h3-4,10,16H,5-9H2,1-2H3. The number of thioether (sulfide) groups is 1. The van der Waals surface area contributed by atoms with Crippen molar-refractivity contribution in [3.8, 4) is 5.75 Å². The molecule has 0 unspecified atom stereocenters. The second kappa shape index (κ2) is 6.43. The molecule has 1 fully saturated rings. The zero-order valence-electron chi connectivity index (χ0n) is 11.0. The number of hydrogen-bond donors (Lipinski definition) is 1. The van der Waals surface area contributed by atoms with E-state index in [1.54, 1.807) is 7.11 Å². The zero-order chi connectivity index (χ0) is 13.0. The molecule has 1 heterocycles. The quantitative estimate of drug-likeness (QED) is 0.849. The van der Waals surface area contributed by atoms with Crippen LogP contribution in [-0.4, -0.2) is 26.5 Å². The van der Waals surface area contributed by atoms with Gasteiger partial charge in [0.25, 0.3) is 0 Å². The monoisotopic (exact) mass is 269 g/mol. The minimum atomic E-state index is -0.0969. The van der Waals surface area contributed by atoms with Gasteiger partial charge >= 0.3 is 0 Å². The van der Waals surface area contributed by atoms with Crippen LogP contribution >= 0.6 is 11.8 Å². The molecule has 0 aromatic heterocycles. The summed E-state index contributed by atoms with van der Waals surface area (Å²) in [5.41, 5.74) is 0.826. The van der Waals surface area contributed by atoms with E-state index < -0.39 is 0 Å². The fourth-order valence-corrected chi connectivity index (χ4v) is 3.15. The Morgan fingerprint density at radius 1 is 1.39 bits per heavy atom. The Kier molecular flexibility index (Phi) is 4.89. The summed E-state index contributed by atoms with van der Waals surface area (Å²) in [6.07, 6.45) is 5.00. The van der Waals surface area contributed by atoms with Gasteiger partial charge in [-0.15, -0.1) is 11.8 Å². The van der Waals surface area contributed by atoms with E-state index in [4.69, 9.17) is 4.74 Å². The van der Waals surface area contributed by atoms with E-state index in [0.29, 0.717) is 16.6 Å². The van der Waals surface area contributed by atoms with Crippen molar-refractivity contribution < 1.29 is 9.13 Å². The fraction of sp³-hybridized carbons (Fsp3) is 0.571. The number of ether oxygens (including phenoxy) is 1. The van der Waals surface area contributed by atoms with E-state index in [9.17, 15) is 4.39 Å². The largest absolute Gasteiger partial charge is 0.495 e. The Labute approximate surface area is 112 Å². The molecule has 0 spiro atoms. The van der Waals surface area contributed by atoms with Crippen molar-refractivity contribution in [2.45, 2.75) is 24.2 Å². The number of halogens is 1. The number of methoxy groups -OCH3 is 1. The summed E-state index contributed by atoms with van der Waals surface area (Å²) in [6.45, 7) is 2.11. The summed E-state index contributed by atoms with van der Waals surface area (Å²) in [7, 11) is 1.58. The predicted octanol–water partition coefficient (Wildman–Crippen LogP) is 3.10. The second-order valence-corrected chi connectivity index (χ2v) is 5.49. The van der Waals surface area contributed by atoms with Gasteiger partial charge in [-0.2, -0.15) is 0 Å². The van der Waals surface area contributed by atoms with Crippen LogP contribution in [0.2, 0.25) is 0 Å². The number of nitrogens with one attached hydrogen (secondary N) is 1. The third kappa shape index (κ3) is 2.98. The van der Waals surface area contributed by atoms with Gasteiger partial charge < -0.3 is 10.1 Å². The molecule has 1 aromatic rings. The zero-order valence-corrected chi connectivity index (χ0v) is 11.8. The lowest BCUT2D eigenvalue weighted by Gasteiger charge is -2.23. The van der Waals surface area contributed by atoms with Crippen molar-refractivity contribution in [1.82, 2.24) is 5.32 Å². The van der Waals surface area contributed by atoms with Crippen molar-refractivity contribution in [3.05, 3.63) is 23.5 Å². The van der Waals surface area contributed by atoms with Crippen molar-refractivity contribution >= 4 is 11.8 Å². The summed E-state index contributed by atoms with van der Waals surface area (Å²) < 4.78 is 19.6. The summed E-state index contributed by atoms with van der Waals surface area (Å²) in [5, 5.41) is 3.34. The number of hydrogen-bond acceptors (Lipinski definition) is 3. The summed E-state index contributed by atoms with van der Waals surface area (Å²) in [6, 6.07) is 3.75. The summed E-state index contributed by atoms with van der Waals surface area (Å²) >= 11 is 1.41. The molecule has 0 bridgehead atoms. The van der Waals surface area contributed by atoms with Gasteiger partial charge in [-0.3, -0.25) is 0 Å². The molecule has 0 saturated carbocycles. The molecule has 100 valence electrons. The Balaban J connectivity index is 2.17. The molecule has 0 radical (unpaired) electrons. The first kappa shape index (κ1) is 13.7. The Morgan fingerprint density at radius 3 is 2.72 bits per heavy atom. The highest BCUT2D eigenvalue weighted by molar-refractivity contribution is 7.98. The van der Waals surface area contributed by atoms with Crippen LogP contribution in [-0.2, 0) is 6.42 Å². The van der Waals surface area contributed by atoms with Gasteiger partial charge in [0, 0.05) is 0 Å². The first-order chi connectivity index (χ1) is 8.76. The maximum atomic E-state index is 14.4. The third-order valence-corrected chi connectivity index (χ3v) is 4.32. The highest BCUT2D eigenvalue weighted by Crippen LogP contribution is 2.33. The van der Waals surface area contributed by atoms with Crippen molar-refractivity contribution in [2.24, 2.45) is 5.92 Å². The molecule has 0 aliphatic carbocycles. The Bertz CT molecular complexity index is 405. The number of piperidine rings is 1. The van der Waals surface area contributed by atoms with Crippen LogP contribution in [0, 0.1) is 11.7 Å². The predicted molar refractivity (Wildman–Crippen MR) is 74.0 cm³/mol. The van der Waals surface area contributed by atoms with Crippen LogP contribution in [0.4, 0.5) is 4.39 Å². The van der Waals surface area contributed by atoms with Crippen LogP contribution in [0.1, 0.15) is 18.4 Å². The highest BCUT2D eigenvalue weighted by Gasteiger charge is 2.18. The van der Waals surface area contributed by atoms with E-state index in [2.05, 4.69) is 5.32 Å². The normalized spacial score (nSPS) is 16.8. The SMILES string of the molecule is COc1ccc(CC2CCNCC2)c(F)c1SC. The van der Waals surface area contributed by atoms with Gasteiger partial charge in [-0.1, -0.05) is 6.07 Å². The van der Waals surface area contributed by atoms with E-state index >= 15 is 0 Å². The second-order valence-electron chi connectivity index (χ2n) is 4.67. The average Bonchev–Trinajstić information content (AvgIpc) is 2.42. The third-order valence-electron chi connectivity index (χ3n) is 3.53. The van der Waals surface area contributed by atoms with E-state index in [0.717, 1.165) is 37.9 Å². The molecule has 0 atom stereocenters. The summed E-state index contributed by atoms with van der Waals surface area (Å²) in [5.74, 6) is 1.14. The fourth-order valence-electron chi connectivity index (χ4n) is 2.48. The van der Waals surface area contributed by atoms with Gasteiger partial charge in [0.1, 0.15) is 11.6 Å². The van der Waals surface area contributed by atoms with Gasteiger partial charge in [0.2, 0.25) is 0 Å². The molecular formula is C14H20FNOS. The molecule has 1 aliphatic rings. The van der Waals surface area contributed by atoms with Gasteiger partial charge in [0.05, 0.1) is 12.0 Å². The molecular weight excluding hydrogens is 249 g/mol. The van der Waals surface area contributed by atoms with E-state index in [-0.39, 0.29) is 5.82 Å². The number of rotatable bonds is 4. The molecule has 2 nitrogen and oxygen atoms in total. The van der Waals surface area contributed by atoms with Crippen molar-refractivity contribution in [1.29, 1.82) is 0 Å². The lowest BCUT2D eigenvalue weighted by molar-refractivity contribution is 0.364. The molecule has 4 heteroatoms. The first-order valence-electron chi connectivity index (χ1n) is 6.36. The number of benzene rings is 1. The highest BCUT2D eigenvalue weighted by atomic mass is 32.2. The molecule has 2 rings (SSSR count). The van der Waals surface area contributed by atoms with Crippen LogP contribution in [0.5, 0.6) is 5.75 Å². The molecule has 1 saturated heterocycles. The average molecular weight is 269 g/mol. The van der Waals surface area contributed by atoms with E-state index in [1.807, 2.05) is 18.4 Å². The first-order valence-corrected chi connectivity index (χ1v) is 7.58. The maximum absolute atomic E-state index is 14.4. The van der Waals surface area contributed by atoms with Crippen LogP contribution in [0.25, 0.3) is 0 Å².